The highest BCUT2D eigenvalue weighted by atomic mass is 16.5. The molecule has 0 unspecified atom stereocenters. The number of para-hydroxylation sites is 1. The minimum atomic E-state index is -0.0969. The summed E-state index contributed by atoms with van der Waals surface area (Å²) >= 11 is 0. The van der Waals surface area contributed by atoms with Crippen LogP contribution in [0.4, 0.5) is 0 Å². The summed E-state index contributed by atoms with van der Waals surface area (Å²) in [6.07, 6.45) is 3.01. The van der Waals surface area contributed by atoms with Crippen LogP contribution in [-0.2, 0) is 6.54 Å². The van der Waals surface area contributed by atoms with Crippen LogP contribution in [0.15, 0.2) is 60.7 Å². The fraction of sp³-hybridized carbons (Fsp3) is 0.423. The van der Waals surface area contributed by atoms with Crippen molar-refractivity contribution in [3.8, 4) is 11.4 Å². The zero-order chi connectivity index (χ0) is 21.7. The number of rotatable bonds is 8. The molecular weight excluding hydrogens is 386 g/mol. The zero-order valence-corrected chi connectivity index (χ0v) is 18.6. The summed E-state index contributed by atoms with van der Waals surface area (Å²) in [5.41, 5.74) is 4.46. The van der Waals surface area contributed by atoms with Crippen molar-refractivity contribution in [1.82, 2.24) is 14.7 Å². The predicted octanol–water partition coefficient (Wildman–Crippen LogP) is 4.53. The van der Waals surface area contributed by atoms with E-state index in [1.807, 2.05) is 41.9 Å². The third-order valence-corrected chi connectivity index (χ3v) is 6.29. The molecule has 1 saturated heterocycles. The van der Waals surface area contributed by atoms with Gasteiger partial charge in [-0.1, -0.05) is 30.3 Å². The van der Waals surface area contributed by atoms with E-state index < -0.39 is 0 Å². The molecule has 0 aliphatic carbocycles. The van der Waals surface area contributed by atoms with Gasteiger partial charge in [-0.05, 0) is 75.5 Å². The lowest BCUT2D eigenvalue weighted by Crippen LogP contribution is -2.45. The normalized spacial score (nSPS) is 19.5. The molecule has 4 rings (SSSR count). The number of ether oxygens (including phenoxy) is 1. The largest absolute Gasteiger partial charge is 0.494 e. The maximum atomic E-state index is 10.3. The first-order chi connectivity index (χ1) is 15.1. The van der Waals surface area contributed by atoms with Crippen LogP contribution >= 0.6 is 0 Å². The van der Waals surface area contributed by atoms with E-state index in [0.717, 1.165) is 61.7 Å². The molecule has 0 saturated carbocycles. The minimum absolute atomic E-state index is 0.0969. The molecule has 5 nitrogen and oxygen atoms in total. The Bertz CT molecular complexity index is 985. The third-order valence-electron chi connectivity index (χ3n) is 6.29. The van der Waals surface area contributed by atoms with Gasteiger partial charge >= 0.3 is 0 Å². The van der Waals surface area contributed by atoms with Gasteiger partial charge in [0.1, 0.15) is 5.75 Å². The molecule has 2 aromatic carbocycles. The number of aliphatic hydroxyl groups excluding tert-OH is 1. The Kier molecular flexibility index (Phi) is 6.73. The molecule has 0 radical (unpaired) electrons. The molecule has 0 amide bonds. The molecule has 3 aromatic rings. The minimum Gasteiger partial charge on any atom is -0.494 e. The first kappa shape index (κ1) is 21.6. The lowest BCUT2D eigenvalue weighted by molar-refractivity contribution is 0.0128. The maximum absolute atomic E-state index is 10.3. The monoisotopic (exact) mass is 419 g/mol. The van der Waals surface area contributed by atoms with Gasteiger partial charge in [0.2, 0.25) is 0 Å². The molecule has 1 fully saturated rings. The van der Waals surface area contributed by atoms with E-state index in [-0.39, 0.29) is 12.0 Å². The van der Waals surface area contributed by atoms with Crippen molar-refractivity contribution in [2.75, 3.05) is 26.3 Å². The summed E-state index contributed by atoms with van der Waals surface area (Å²) < 4.78 is 7.94. The summed E-state index contributed by atoms with van der Waals surface area (Å²) in [5.74, 6) is 0.893. The van der Waals surface area contributed by atoms with Crippen LogP contribution < -0.4 is 4.74 Å². The molecule has 1 N–H and O–H groups in total. The third kappa shape index (κ3) is 5.35. The number of piperidine rings is 1. The molecule has 2 heterocycles. The van der Waals surface area contributed by atoms with Crippen molar-refractivity contribution in [2.45, 2.75) is 39.7 Å². The average molecular weight is 420 g/mol. The summed E-state index contributed by atoms with van der Waals surface area (Å²) in [5, 5.41) is 14.9. The van der Waals surface area contributed by atoms with Gasteiger partial charge in [-0.15, -0.1) is 0 Å². The summed E-state index contributed by atoms with van der Waals surface area (Å²) in [4.78, 5) is 2.47. The van der Waals surface area contributed by atoms with Crippen molar-refractivity contribution in [3.05, 3.63) is 77.6 Å². The van der Waals surface area contributed by atoms with Crippen LogP contribution in [0.1, 0.15) is 36.2 Å². The Hall–Kier alpha value is -2.63. The van der Waals surface area contributed by atoms with Crippen molar-refractivity contribution in [1.29, 1.82) is 0 Å². The lowest BCUT2D eigenvalue weighted by atomic mass is 9.78. The molecule has 31 heavy (non-hydrogen) atoms. The first-order valence-corrected chi connectivity index (χ1v) is 11.2. The average Bonchev–Trinajstić information content (AvgIpc) is 3.13. The van der Waals surface area contributed by atoms with Gasteiger partial charge in [0.25, 0.3) is 0 Å². The van der Waals surface area contributed by atoms with E-state index in [1.165, 1.54) is 5.56 Å². The molecule has 164 valence electrons. The Labute approximate surface area is 185 Å². The van der Waals surface area contributed by atoms with Gasteiger partial charge < -0.3 is 9.84 Å². The van der Waals surface area contributed by atoms with E-state index in [9.17, 15) is 5.11 Å². The van der Waals surface area contributed by atoms with Crippen LogP contribution in [0.2, 0.25) is 0 Å². The van der Waals surface area contributed by atoms with Crippen LogP contribution in [0.3, 0.4) is 0 Å². The Morgan fingerprint density at radius 2 is 1.90 bits per heavy atom. The summed E-state index contributed by atoms with van der Waals surface area (Å²) in [6.45, 7) is 7.78. The van der Waals surface area contributed by atoms with E-state index in [1.54, 1.807) is 0 Å². The van der Waals surface area contributed by atoms with Crippen LogP contribution in [-0.4, -0.2) is 46.1 Å². The molecule has 1 aliphatic rings. The Balaban J connectivity index is 1.40. The van der Waals surface area contributed by atoms with Gasteiger partial charge in [-0.25, -0.2) is 4.68 Å². The zero-order valence-electron chi connectivity index (χ0n) is 18.6. The summed E-state index contributed by atoms with van der Waals surface area (Å²) in [7, 11) is 0. The highest BCUT2D eigenvalue weighted by Crippen LogP contribution is 2.34. The second-order valence-electron chi connectivity index (χ2n) is 8.89. The molecule has 5 heteroatoms. The predicted molar refractivity (Wildman–Crippen MR) is 124 cm³/mol. The lowest BCUT2D eigenvalue weighted by Gasteiger charge is -2.42. The second kappa shape index (κ2) is 9.67. The standard InChI is InChI=1S/C26H33N3O2/c1-21-16-22(2)29(27-21)24-9-6-8-23(17-24)18-28-14-7-12-26(19-28,20-30)13-15-31-25-10-4-3-5-11-25/h3-6,8-11,16-17,30H,7,12-15,18-20H2,1-2H3/t26-/m1/s1. The van der Waals surface area contributed by atoms with Crippen molar-refractivity contribution >= 4 is 0 Å². The van der Waals surface area contributed by atoms with E-state index >= 15 is 0 Å². The smallest absolute Gasteiger partial charge is 0.119 e. The van der Waals surface area contributed by atoms with Crippen molar-refractivity contribution < 1.29 is 9.84 Å². The quantitative estimate of drug-likeness (QED) is 0.583. The molecule has 1 aliphatic heterocycles. The van der Waals surface area contributed by atoms with E-state index in [4.69, 9.17) is 4.74 Å². The Morgan fingerprint density at radius 3 is 2.65 bits per heavy atom. The van der Waals surface area contributed by atoms with Gasteiger partial charge in [-0.2, -0.15) is 5.10 Å². The van der Waals surface area contributed by atoms with Gasteiger partial charge in [0, 0.05) is 24.2 Å². The Morgan fingerprint density at radius 1 is 1.06 bits per heavy atom. The molecule has 1 aromatic heterocycles. The number of aromatic nitrogens is 2. The van der Waals surface area contributed by atoms with E-state index in [0.29, 0.717) is 6.61 Å². The van der Waals surface area contributed by atoms with Gasteiger partial charge in [0.15, 0.2) is 0 Å². The SMILES string of the molecule is Cc1cc(C)n(-c2cccc(CN3CCC[C@@](CO)(CCOc4ccccc4)C3)c2)n1. The number of benzene rings is 2. The first-order valence-electron chi connectivity index (χ1n) is 11.2. The topological polar surface area (TPSA) is 50.5 Å². The fourth-order valence-electron chi connectivity index (χ4n) is 4.69. The molecule has 0 spiro atoms. The maximum Gasteiger partial charge on any atom is 0.119 e. The number of hydrogen-bond acceptors (Lipinski definition) is 4. The number of nitrogens with zero attached hydrogens (tertiary/aromatic N) is 3. The molecule has 1 atom stereocenters. The van der Waals surface area contributed by atoms with Crippen LogP contribution in [0, 0.1) is 19.3 Å². The second-order valence-corrected chi connectivity index (χ2v) is 8.89. The van der Waals surface area contributed by atoms with E-state index in [2.05, 4.69) is 47.3 Å². The van der Waals surface area contributed by atoms with Crippen LogP contribution in [0.25, 0.3) is 5.69 Å². The van der Waals surface area contributed by atoms with Gasteiger partial charge in [-0.3, -0.25) is 4.90 Å². The highest BCUT2D eigenvalue weighted by Gasteiger charge is 2.34. The molecule has 0 bridgehead atoms. The van der Waals surface area contributed by atoms with Crippen molar-refractivity contribution in [3.63, 3.8) is 0 Å². The van der Waals surface area contributed by atoms with Gasteiger partial charge in [0.05, 0.1) is 24.6 Å². The number of aliphatic hydroxyl groups is 1. The highest BCUT2D eigenvalue weighted by molar-refractivity contribution is 5.37. The number of likely N-dealkylation sites (tertiary alicyclic amines) is 1. The number of hydrogen-bond donors (Lipinski definition) is 1. The number of aryl methyl sites for hydroxylation is 2. The van der Waals surface area contributed by atoms with Crippen molar-refractivity contribution in [2.24, 2.45) is 5.41 Å². The fourth-order valence-corrected chi connectivity index (χ4v) is 4.69. The molecular formula is C26H33N3O2. The van der Waals surface area contributed by atoms with Crippen LogP contribution in [0.5, 0.6) is 5.75 Å². The summed E-state index contributed by atoms with van der Waals surface area (Å²) in [6, 6.07) is 20.7.